The molecule has 0 saturated carbocycles. The van der Waals surface area contributed by atoms with Crippen molar-refractivity contribution in [1.82, 2.24) is 9.97 Å². The molecule has 10 aromatic rings. The molecule has 2 aromatic heterocycles. The Morgan fingerprint density at radius 1 is 0.342 bits per heavy atom. The molecule has 10 nitrogen and oxygen atoms in total. The van der Waals surface area contributed by atoms with Crippen LogP contribution in [-0.2, 0) is 42.2 Å². The molecule has 0 saturated heterocycles. The van der Waals surface area contributed by atoms with E-state index < -0.39 is 23.9 Å². The number of unbranched alkanes of at least 4 members (excludes halogenated alkanes) is 4. The van der Waals surface area contributed by atoms with E-state index in [-0.39, 0.29) is 144 Å². The van der Waals surface area contributed by atoms with E-state index in [0.29, 0.717) is 28.6 Å². The van der Waals surface area contributed by atoms with Crippen molar-refractivity contribution in [2.45, 2.75) is 202 Å². The van der Waals surface area contributed by atoms with Crippen LogP contribution in [0.1, 0.15) is 193 Å². The monoisotopic (exact) mass is 1790 g/mol. The first-order valence-electron chi connectivity index (χ1n) is 40.6. The maximum atomic E-state index is 10.8. The van der Waals surface area contributed by atoms with Crippen molar-refractivity contribution in [3.63, 3.8) is 0 Å². The molecule has 0 bridgehead atoms. The summed E-state index contributed by atoms with van der Waals surface area (Å²) in [7, 11) is 0. The Morgan fingerprint density at radius 3 is 1.05 bits per heavy atom. The van der Waals surface area contributed by atoms with Gasteiger partial charge in [-0.05, 0) is 200 Å². The molecule has 0 aliphatic carbocycles. The van der Waals surface area contributed by atoms with Crippen molar-refractivity contribution in [3.05, 3.63) is 287 Å². The van der Waals surface area contributed by atoms with Gasteiger partial charge in [-0.1, -0.05) is 289 Å². The predicted molar refractivity (Wildman–Crippen MR) is 502 cm³/mol. The minimum Gasteiger partial charge on any atom is -0.550 e. The maximum absolute atomic E-state index is 10.8. The third kappa shape index (κ3) is 51.9. The number of aliphatic carboxylic acids is 4. The number of thioether (sulfide) groups is 7. The number of hydrogen-bond acceptors (Lipinski definition) is 18. The number of fused-ring (bicyclic) bond motifs is 2. The van der Waals surface area contributed by atoms with Crippen LogP contribution in [0.15, 0.2) is 253 Å². The number of benzene rings is 8. The summed E-state index contributed by atoms with van der Waals surface area (Å²) in [4.78, 5) is 53.8. The van der Waals surface area contributed by atoms with Crippen LogP contribution >= 0.6 is 94.6 Å². The predicted octanol–water partition coefficient (Wildman–Crippen LogP) is 10.8. The molecule has 0 spiro atoms. The number of carboxylic acid groups (broad SMARTS) is 4. The number of carboxylic acids is 4. The Balaban J connectivity index is 0.000000562. The molecule has 616 valence electrons. The van der Waals surface area contributed by atoms with E-state index in [4.69, 9.17) is 0 Å². The Labute approximate surface area is 840 Å². The minimum atomic E-state index is -0.963. The summed E-state index contributed by atoms with van der Waals surface area (Å²) in [6.45, 7) is 4.37. The van der Waals surface area contributed by atoms with Gasteiger partial charge in [-0.15, -0.1) is 23.5 Å². The van der Waals surface area contributed by atoms with Crippen LogP contribution in [0.5, 0.6) is 0 Å². The fraction of sp³-hybridized carbons (Fsp3) is 0.357. The van der Waals surface area contributed by atoms with Gasteiger partial charge in [0.2, 0.25) is 0 Å². The Kier molecular flexibility index (Phi) is 68.0. The van der Waals surface area contributed by atoms with Crippen LogP contribution in [0.2, 0.25) is 0 Å². The summed E-state index contributed by atoms with van der Waals surface area (Å²) >= 11 is 17.5. The van der Waals surface area contributed by atoms with Gasteiger partial charge in [-0.3, -0.25) is 9.97 Å². The van der Waals surface area contributed by atoms with Crippen molar-refractivity contribution >= 4 is 170 Å². The molecule has 0 aliphatic rings. The number of aromatic nitrogens is 2. The molecule has 22 heteroatoms. The molecule has 10 rings (SSSR count). The number of para-hydroxylation sites is 2. The normalized spacial score (nSPS) is 11.7. The second kappa shape index (κ2) is 72.5. The largest absolute Gasteiger partial charge is 1.00 e. The zero-order chi connectivity index (χ0) is 82.7. The summed E-state index contributed by atoms with van der Waals surface area (Å²) in [6.07, 6.45) is 29.7. The molecular formula is C98H114N2Na4O8S8. The number of carbonyl (C=O) groups excluding carboxylic acids is 4. The van der Waals surface area contributed by atoms with E-state index in [0.717, 1.165) is 139 Å². The molecule has 0 aliphatic heterocycles. The van der Waals surface area contributed by atoms with E-state index in [2.05, 4.69) is 248 Å². The van der Waals surface area contributed by atoms with E-state index in [1.165, 1.54) is 84.3 Å². The number of thiocarbonyl (C=S) groups is 1. The van der Waals surface area contributed by atoms with Crippen molar-refractivity contribution in [2.75, 3.05) is 23.0 Å². The van der Waals surface area contributed by atoms with Gasteiger partial charge >= 0.3 is 118 Å². The third-order valence-corrected chi connectivity index (χ3v) is 27.5. The molecule has 2 heterocycles. The van der Waals surface area contributed by atoms with Gasteiger partial charge in [-0.2, -0.15) is 58.8 Å². The van der Waals surface area contributed by atoms with Gasteiger partial charge in [0.25, 0.3) is 0 Å². The molecule has 0 amide bonds. The Morgan fingerprint density at radius 2 is 0.658 bits per heavy atom. The van der Waals surface area contributed by atoms with Gasteiger partial charge in [-0.25, -0.2) is 0 Å². The van der Waals surface area contributed by atoms with E-state index >= 15 is 0 Å². The topological polar surface area (TPSA) is 186 Å². The standard InChI is InChI=1S/C38H40O2S2.C26H26N2O2S2.C22H28O2S2.C11H22O2S.CH2S.4Na/c39-38(40)14-8-7-13-37(42-30-36-25-21-34(22-26-36)18-16-32-11-5-2-6-12-32)27-28-41-29-35-23-19-33(20-24-35)17-15-31-9-3-1-4-10-31;29-26(30)12-6-1-7-19(32-25-14-17-28-23-11-5-3-9-21(23)25)15-18-31-24-13-16-27-22-10-4-2-8-20(22)24;23-22(24)14-8-7-13-21(26-18-20-11-5-2-6-12-20)15-16-25-17-19-9-3-1-4-10-19;1-3-7-10(14-4-2)8-5-6-9-11(12)13;1-2;;;;/h1-6,9-12,15-26,37H,7-8,13-14,27-30H2,(H,39,40);2-5,8-11,13-14,16-17,19H,1,6-7,12,15,18H2,(H,29,30);1-6,9-12,21H,7-8,13-18H2,(H,23,24);10H,3-9H2,1-2H3,(H,12,13);1H2;;;;/q;;;;;4*+1/p-4/b17-15+,18-16+;;;;;;;;. The molecule has 0 radical (unpaired) electrons. The number of carbonyl (C=O) groups is 4. The molecule has 120 heavy (non-hydrogen) atoms. The fourth-order valence-electron chi connectivity index (χ4n) is 12.5. The Hall–Kier alpha value is -3.52. The summed E-state index contributed by atoms with van der Waals surface area (Å²) < 4.78 is 0. The van der Waals surface area contributed by atoms with Gasteiger partial charge in [0.15, 0.2) is 0 Å². The zero-order valence-corrected chi connectivity index (χ0v) is 85.9. The van der Waals surface area contributed by atoms with E-state index in [1.807, 2.05) is 143 Å². The van der Waals surface area contributed by atoms with Crippen molar-refractivity contribution in [2.24, 2.45) is 0 Å². The summed E-state index contributed by atoms with van der Waals surface area (Å²) in [5.74, 6) is 7.51. The minimum absolute atomic E-state index is 0. The molecule has 0 N–H and O–H groups in total. The third-order valence-electron chi connectivity index (χ3n) is 18.7. The summed E-state index contributed by atoms with van der Waals surface area (Å²) in [6, 6.07) is 80.1. The average Bonchev–Trinajstić information content (AvgIpc) is 0.825. The number of nitrogens with zero attached hydrogens (tertiary/aromatic N) is 2. The SMILES string of the molecule is C=S.CCCC(CCCCC(=O)[O-])SCC.O=C([O-])CCCCC(CCSCc1ccc(/C=C/c2ccccc2)cc1)SCc1ccc(/C=C/c2ccccc2)cc1.O=C([O-])CCCCC(CCSCc1ccccc1)SCc1ccccc1.O=C([O-])CCCCC(CCSc1ccnc2ccccc12)Sc1ccnc2ccccc12.[Na+].[Na+].[Na+].[Na+]. The van der Waals surface area contributed by atoms with Crippen LogP contribution in [0, 0.1) is 0 Å². The van der Waals surface area contributed by atoms with Gasteiger partial charge in [0.05, 0.1) is 11.0 Å². The van der Waals surface area contributed by atoms with Crippen LogP contribution in [0.25, 0.3) is 46.1 Å². The first kappa shape index (κ1) is 113. The number of rotatable bonds is 50. The average molecular weight is 1800 g/mol. The van der Waals surface area contributed by atoms with Crippen molar-refractivity contribution < 1.29 is 158 Å². The number of pyridine rings is 2. The van der Waals surface area contributed by atoms with Crippen molar-refractivity contribution in [1.29, 1.82) is 0 Å². The maximum Gasteiger partial charge on any atom is 1.00 e. The van der Waals surface area contributed by atoms with Crippen LogP contribution in [0.4, 0.5) is 0 Å². The smallest absolute Gasteiger partial charge is 0.550 e. The molecule has 0 fully saturated rings. The second-order valence-corrected chi connectivity index (χ2v) is 36.7. The molecule has 8 aromatic carbocycles. The molecule has 4 atom stereocenters. The first-order chi connectivity index (χ1) is 56.8. The first-order valence-corrected chi connectivity index (χ1v) is 48.5. The zero-order valence-electron chi connectivity index (χ0n) is 71.4. The number of hydrogen-bond donors (Lipinski definition) is 0. The fourth-order valence-corrected chi connectivity index (χ4v) is 21.1. The Bertz CT molecular complexity index is 4360. The van der Waals surface area contributed by atoms with Crippen LogP contribution in [-0.4, -0.2) is 83.7 Å². The quantitative estimate of drug-likeness (QED) is 0.0115. The molecule has 4 unspecified atom stereocenters. The summed E-state index contributed by atoms with van der Waals surface area (Å²) in [5.41, 5.74) is 12.2. The van der Waals surface area contributed by atoms with E-state index in [9.17, 15) is 39.6 Å². The summed E-state index contributed by atoms with van der Waals surface area (Å²) in [5, 5.41) is 47.0. The second-order valence-electron chi connectivity index (χ2n) is 27.9. The van der Waals surface area contributed by atoms with Gasteiger partial charge < -0.3 is 39.6 Å². The van der Waals surface area contributed by atoms with Crippen LogP contribution < -0.4 is 139 Å². The van der Waals surface area contributed by atoms with Crippen molar-refractivity contribution in [3.8, 4) is 0 Å². The molecular weight excluding hydrogens is 1680 g/mol. The van der Waals surface area contributed by atoms with E-state index in [1.54, 1.807) is 0 Å². The van der Waals surface area contributed by atoms with Gasteiger partial charge in [0.1, 0.15) is 0 Å². The van der Waals surface area contributed by atoms with Crippen LogP contribution in [0.3, 0.4) is 0 Å². The van der Waals surface area contributed by atoms with Gasteiger partial charge in [0, 0.05) is 101 Å².